The molecule has 11 nitrogen and oxygen atoms in total. The van der Waals surface area contributed by atoms with Gasteiger partial charge in [0.25, 0.3) is 0 Å². The lowest BCUT2D eigenvalue weighted by Gasteiger charge is -2.40. The van der Waals surface area contributed by atoms with Crippen LogP contribution < -0.4 is 5.32 Å². The van der Waals surface area contributed by atoms with Crippen LogP contribution in [-0.4, -0.2) is 110 Å². The Hall–Kier alpha value is -1.93. The minimum Gasteiger partial charge on any atom is -0.394 e. The molecule has 1 rings (SSSR count). The number of allylic oxidation sites excluding steroid dienone is 8. The minimum absolute atomic E-state index is 0.240. The highest BCUT2D eigenvalue weighted by Gasteiger charge is 2.44. The lowest BCUT2D eigenvalue weighted by Crippen LogP contribution is -2.60. The van der Waals surface area contributed by atoms with E-state index in [1.165, 1.54) is 212 Å². The quantitative estimate of drug-likeness (QED) is 0.0215. The molecule has 79 heavy (non-hydrogen) atoms. The van der Waals surface area contributed by atoms with E-state index in [0.29, 0.717) is 19.3 Å². The first-order valence-corrected chi connectivity index (χ1v) is 33.5. The third-order valence-corrected chi connectivity index (χ3v) is 16.1. The first-order valence-electron chi connectivity index (χ1n) is 33.5. The van der Waals surface area contributed by atoms with Crippen LogP contribution in [0.5, 0.6) is 0 Å². The number of nitrogens with one attached hydrogen (secondary N) is 1. The van der Waals surface area contributed by atoms with Gasteiger partial charge in [-0.3, -0.25) is 4.79 Å². The maximum Gasteiger partial charge on any atom is 0.249 e. The zero-order valence-electron chi connectivity index (χ0n) is 51.1. The predicted molar refractivity (Wildman–Crippen MR) is 330 cm³/mol. The fraction of sp³-hybridized carbons (Fsp3) is 0.868. The standard InChI is InChI=1S/C68H127NO10/c1-3-5-7-9-11-13-15-17-19-21-23-25-27-29-30-31-32-34-35-37-39-41-43-45-47-49-51-53-55-60(71)63(73)59(58-78-68-66(76)65(75)64(74)62(57-70)79-68)69-67(77)61(72)56-54-52-50-48-46-44-42-40-38-36-33-28-26-24-22-20-18-16-14-12-10-8-6-4-2/h32-34,36,39,41,47,49,59-66,68,70-76H,3-31,35,37-38,40,42-46,48,50-58H2,1-2H3,(H,69,77)/b34-32+,36-33-,41-39+,49-47+. The number of aliphatic hydroxyl groups excluding tert-OH is 7. The predicted octanol–water partition coefficient (Wildman–Crippen LogP) is 15.6. The van der Waals surface area contributed by atoms with Crippen molar-refractivity contribution in [3.8, 4) is 0 Å². The number of carbonyl (C=O) groups excluding carboxylic acids is 1. The van der Waals surface area contributed by atoms with Gasteiger partial charge in [-0.05, 0) is 89.9 Å². The molecule has 11 heteroatoms. The SMILES string of the molecule is CCCCCCCCCCCCCC/C=C\CCCCCCCCCCC(O)C(=O)NC(COC1OC(CO)C(O)C(O)C1O)C(O)C(O)CCC/C=C/CC/C=C/CC/C=C/CCCCCCCCCCCCCCCCC. The van der Waals surface area contributed by atoms with Crippen molar-refractivity contribution in [2.45, 2.75) is 364 Å². The molecule has 0 aromatic carbocycles. The fourth-order valence-corrected chi connectivity index (χ4v) is 10.6. The van der Waals surface area contributed by atoms with E-state index in [4.69, 9.17) is 9.47 Å². The summed E-state index contributed by atoms with van der Waals surface area (Å²) < 4.78 is 11.2. The summed E-state index contributed by atoms with van der Waals surface area (Å²) in [6.07, 6.45) is 61.9. The molecule has 1 aliphatic heterocycles. The average molecular weight is 1120 g/mol. The third kappa shape index (κ3) is 44.3. The second-order valence-corrected chi connectivity index (χ2v) is 23.5. The van der Waals surface area contributed by atoms with Gasteiger partial charge in [-0.1, -0.05) is 268 Å². The molecule has 8 N–H and O–H groups in total. The molecule has 464 valence electrons. The summed E-state index contributed by atoms with van der Waals surface area (Å²) in [6, 6.07) is -1.20. The summed E-state index contributed by atoms with van der Waals surface area (Å²) in [6.45, 7) is 3.47. The van der Waals surface area contributed by atoms with Crippen molar-refractivity contribution in [2.75, 3.05) is 13.2 Å². The van der Waals surface area contributed by atoms with E-state index in [1.807, 2.05) is 0 Å². The van der Waals surface area contributed by atoms with Gasteiger partial charge in [-0.2, -0.15) is 0 Å². The molecule has 0 aromatic heterocycles. The van der Waals surface area contributed by atoms with Crippen LogP contribution in [0.2, 0.25) is 0 Å². The minimum atomic E-state index is -1.68. The van der Waals surface area contributed by atoms with E-state index >= 15 is 0 Å². The van der Waals surface area contributed by atoms with Gasteiger partial charge in [-0.15, -0.1) is 0 Å². The number of hydrogen-bond acceptors (Lipinski definition) is 10. The Morgan fingerprint density at radius 1 is 0.430 bits per heavy atom. The summed E-state index contributed by atoms with van der Waals surface area (Å²) in [7, 11) is 0. The lowest BCUT2D eigenvalue weighted by molar-refractivity contribution is -0.303. The molecule has 1 fully saturated rings. The largest absolute Gasteiger partial charge is 0.394 e. The Morgan fingerprint density at radius 2 is 0.759 bits per heavy atom. The van der Waals surface area contributed by atoms with Crippen LogP contribution in [0.3, 0.4) is 0 Å². The van der Waals surface area contributed by atoms with Crippen molar-refractivity contribution in [3.05, 3.63) is 48.6 Å². The van der Waals surface area contributed by atoms with Gasteiger partial charge < -0.3 is 50.5 Å². The van der Waals surface area contributed by atoms with E-state index < -0.39 is 74.2 Å². The van der Waals surface area contributed by atoms with Crippen molar-refractivity contribution in [3.63, 3.8) is 0 Å². The number of ether oxygens (including phenoxy) is 2. The molecule has 1 aliphatic rings. The Labute approximate surface area is 485 Å². The second-order valence-electron chi connectivity index (χ2n) is 23.5. The zero-order chi connectivity index (χ0) is 57.5. The molecule has 0 spiro atoms. The molecule has 9 atom stereocenters. The molecular weight excluding hydrogens is 991 g/mol. The molecule has 9 unspecified atom stereocenters. The van der Waals surface area contributed by atoms with Crippen LogP contribution in [0.1, 0.15) is 309 Å². The van der Waals surface area contributed by atoms with Gasteiger partial charge >= 0.3 is 0 Å². The molecule has 0 aliphatic carbocycles. The van der Waals surface area contributed by atoms with Crippen molar-refractivity contribution >= 4 is 5.91 Å². The third-order valence-electron chi connectivity index (χ3n) is 16.1. The van der Waals surface area contributed by atoms with Crippen LogP contribution in [0.4, 0.5) is 0 Å². The molecule has 0 saturated carbocycles. The normalized spacial score (nSPS) is 19.6. The molecule has 0 bridgehead atoms. The second kappa shape index (κ2) is 56.5. The molecule has 1 heterocycles. The summed E-state index contributed by atoms with van der Waals surface area (Å²) in [5.41, 5.74) is 0. The van der Waals surface area contributed by atoms with Crippen LogP contribution >= 0.6 is 0 Å². The molecule has 0 aromatic rings. The molecule has 0 radical (unpaired) electrons. The van der Waals surface area contributed by atoms with Gasteiger partial charge in [0.1, 0.15) is 36.6 Å². The van der Waals surface area contributed by atoms with E-state index in [-0.39, 0.29) is 12.8 Å². The molecule has 1 amide bonds. The lowest BCUT2D eigenvalue weighted by atomic mass is 9.98. The summed E-state index contributed by atoms with van der Waals surface area (Å²) in [4.78, 5) is 13.2. The van der Waals surface area contributed by atoms with Gasteiger partial charge in [0.2, 0.25) is 5.91 Å². The smallest absolute Gasteiger partial charge is 0.249 e. The summed E-state index contributed by atoms with van der Waals surface area (Å²) in [5.74, 6) is -0.712. The van der Waals surface area contributed by atoms with E-state index in [9.17, 15) is 40.5 Å². The highest BCUT2D eigenvalue weighted by atomic mass is 16.7. The van der Waals surface area contributed by atoms with Gasteiger partial charge in [0.05, 0.1) is 25.4 Å². The van der Waals surface area contributed by atoms with E-state index in [0.717, 1.165) is 51.4 Å². The number of carbonyl (C=O) groups is 1. The van der Waals surface area contributed by atoms with Gasteiger partial charge in [0, 0.05) is 0 Å². The maximum absolute atomic E-state index is 13.2. The van der Waals surface area contributed by atoms with Crippen molar-refractivity contribution < 1.29 is 50.0 Å². The van der Waals surface area contributed by atoms with Crippen LogP contribution in [0.15, 0.2) is 48.6 Å². The van der Waals surface area contributed by atoms with E-state index in [2.05, 4.69) is 67.8 Å². The van der Waals surface area contributed by atoms with Gasteiger partial charge in [-0.25, -0.2) is 0 Å². The monoisotopic (exact) mass is 1120 g/mol. The van der Waals surface area contributed by atoms with Crippen molar-refractivity contribution in [1.82, 2.24) is 5.32 Å². The number of aliphatic hydroxyl groups is 7. The highest BCUT2D eigenvalue weighted by molar-refractivity contribution is 5.80. The molecule has 1 saturated heterocycles. The zero-order valence-corrected chi connectivity index (χ0v) is 51.1. The fourth-order valence-electron chi connectivity index (χ4n) is 10.6. The topological polar surface area (TPSA) is 189 Å². The summed E-state index contributed by atoms with van der Waals surface area (Å²) in [5, 5.41) is 76.4. The van der Waals surface area contributed by atoms with Gasteiger partial charge in [0.15, 0.2) is 6.29 Å². The number of hydrogen-bond donors (Lipinski definition) is 8. The van der Waals surface area contributed by atoms with E-state index in [1.54, 1.807) is 0 Å². The first-order chi connectivity index (χ1) is 38.7. The number of unbranched alkanes of at least 4 members (excludes halogenated alkanes) is 38. The Morgan fingerprint density at radius 3 is 1.13 bits per heavy atom. The number of amides is 1. The van der Waals surface area contributed by atoms with Crippen LogP contribution in [-0.2, 0) is 14.3 Å². The van der Waals surface area contributed by atoms with Crippen molar-refractivity contribution in [1.29, 1.82) is 0 Å². The number of rotatable bonds is 58. The Kier molecular flexibility index (Phi) is 53.7. The van der Waals surface area contributed by atoms with Crippen LogP contribution in [0, 0.1) is 0 Å². The molecular formula is C68H127NO10. The Balaban J connectivity index is 2.28. The summed E-state index contributed by atoms with van der Waals surface area (Å²) >= 11 is 0. The maximum atomic E-state index is 13.2. The average Bonchev–Trinajstić information content (AvgIpc) is 3.46. The first kappa shape index (κ1) is 75.1. The van der Waals surface area contributed by atoms with Crippen molar-refractivity contribution in [2.24, 2.45) is 0 Å². The highest BCUT2D eigenvalue weighted by Crippen LogP contribution is 2.24. The Bertz CT molecular complexity index is 1420. The van der Waals surface area contributed by atoms with Crippen LogP contribution in [0.25, 0.3) is 0 Å².